The molecule has 0 radical (unpaired) electrons. The van der Waals surface area contributed by atoms with Crippen molar-refractivity contribution in [3.8, 4) is 0 Å². The van der Waals surface area contributed by atoms with E-state index in [0.717, 1.165) is 32.2 Å². The fourth-order valence-corrected chi connectivity index (χ4v) is 2.83. The molecule has 1 saturated carbocycles. The van der Waals surface area contributed by atoms with Gasteiger partial charge in [-0.1, -0.05) is 0 Å². The first-order valence-corrected chi connectivity index (χ1v) is 6.02. The van der Waals surface area contributed by atoms with Crippen LogP contribution in [0.5, 0.6) is 0 Å². The first-order chi connectivity index (χ1) is 7.65. The highest BCUT2D eigenvalue weighted by Gasteiger charge is 2.31. The summed E-state index contributed by atoms with van der Waals surface area (Å²) in [6.07, 6.45) is 2.79. The molecule has 2 fully saturated rings. The van der Waals surface area contributed by atoms with Gasteiger partial charge in [0, 0.05) is 25.2 Å². The van der Waals surface area contributed by atoms with Gasteiger partial charge in [-0.25, -0.2) is 9.18 Å². The molecule has 92 valence electrons. The lowest BCUT2D eigenvalue weighted by molar-refractivity contribution is 0.153. The Morgan fingerprint density at radius 1 is 1.25 bits per heavy atom. The van der Waals surface area contributed by atoms with Gasteiger partial charge in [-0.3, -0.25) is 4.90 Å². The average Bonchev–Trinajstić information content (AvgIpc) is 2.65. The van der Waals surface area contributed by atoms with Crippen LogP contribution in [0, 0.1) is 0 Å². The molecule has 0 aromatic rings. The summed E-state index contributed by atoms with van der Waals surface area (Å²) in [6.45, 7) is 1.44. The number of hydrogen-bond acceptors (Lipinski definition) is 2. The highest BCUT2D eigenvalue weighted by Crippen LogP contribution is 2.26. The number of carboxylic acid groups (broad SMARTS) is 1. The molecule has 2 aliphatic rings. The van der Waals surface area contributed by atoms with E-state index in [1.165, 1.54) is 0 Å². The smallest absolute Gasteiger partial charge is 0.404 e. The minimum absolute atomic E-state index is 0.0949. The monoisotopic (exact) mass is 230 g/mol. The van der Waals surface area contributed by atoms with Gasteiger partial charge in [0.05, 0.1) is 0 Å². The van der Waals surface area contributed by atoms with E-state index in [0.29, 0.717) is 19.0 Å². The third kappa shape index (κ3) is 2.84. The number of hydrogen-bond donors (Lipinski definition) is 2. The summed E-state index contributed by atoms with van der Waals surface area (Å²) in [5.74, 6) is 0. The van der Waals surface area contributed by atoms with Crippen LogP contribution in [0.1, 0.15) is 32.1 Å². The summed E-state index contributed by atoms with van der Waals surface area (Å²) in [7, 11) is 0. The third-order valence-electron chi connectivity index (χ3n) is 3.70. The van der Waals surface area contributed by atoms with Crippen LogP contribution in [0.4, 0.5) is 9.18 Å². The minimum atomic E-state index is -0.937. The second-order valence-electron chi connectivity index (χ2n) is 4.84. The molecule has 1 aliphatic heterocycles. The third-order valence-corrected chi connectivity index (χ3v) is 3.70. The average molecular weight is 230 g/mol. The maximum atomic E-state index is 13.0. The normalized spacial score (nSPS) is 36.2. The maximum Gasteiger partial charge on any atom is 0.404 e. The van der Waals surface area contributed by atoms with E-state index in [2.05, 4.69) is 10.2 Å². The fourth-order valence-electron chi connectivity index (χ4n) is 2.83. The maximum absolute atomic E-state index is 13.0. The van der Waals surface area contributed by atoms with Crippen LogP contribution in [-0.4, -0.2) is 47.4 Å². The Balaban J connectivity index is 1.74. The molecule has 0 aromatic carbocycles. The lowest BCUT2D eigenvalue weighted by Gasteiger charge is -2.34. The van der Waals surface area contributed by atoms with Crippen LogP contribution in [-0.2, 0) is 0 Å². The van der Waals surface area contributed by atoms with Gasteiger partial charge in [-0.05, 0) is 32.1 Å². The number of halogens is 1. The minimum Gasteiger partial charge on any atom is -0.465 e. The van der Waals surface area contributed by atoms with Gasteiger partial charge < -0.3 is 10.4 Å². The predicted molar refractivity (Wildman–Crippen MR) is 58.3 cm³/mol. The van der Waals surface area contributed by atoms with Gasteiger partial charge in [0.15, 0.2) is 0 Å². The Hall–Kier alpha value is -0.840. The van der Waals surface area contributed by atoms with Crippen molar-refractivity contribution < 1.29 is 14.3 Å². The van der Waals surface area contributed by atoms with Crippen LogP contribution in [0.25, 0.3) is 0 Å². The molecule has 0 unspecified atom stereocenters. The van der Waals surface area contributed by atoms with Crippen molar-refractivity contribution in [1.82, 2.24) is 10.2 Å². The van der Waals surface area contributed by atoms with Gasteiger partial charge in [0.1, 0.15) is 6.17 Å². The molecule has 1 amide bonds. The zero-order valence-electron chi connectivity index (χ0n) is 9.36. The van der Waals surface area contributed by atoms with E-state index in [-0.39, 0.29) is 6.04 Å². The highest BCUT2D eigenvalue weighted by molar-refractivity contribution is 5.64. The van der Waals surface area contributed by atoms with Crippen molar-refractivity contribution in [1.29, 1.82) is 0 Å². The van der Waals surface area contributed by atoms with Crippen molar-refractivity contribution in [3.63, 3.8) is 0 Å². The number of likely N-dealkylation sites (tertiary alicyclic amines) is 1. The summed E-state index contributed by atoms with van der Waals surface area (Å²) in [5, 5.41) is 11.1. The van der Waals surface area contributed by atoms with Gasteiger partial charge in [-0.15, -0.1) is 0 Å². The second kappa shape index (κ2) is 4.99. The molecular weight excluding hydrogens is 211 g/mol. The number of amides is 1. The molecule has 1 saturated heterocycles. The van der Waals surface area contributed by atoms with Crippen molar-refractivity contribution in [3.05, 3.63) is 0 Å². The Morgan fingerprint density at radius 3 is 2.44 bits per heavy atom. The molecule has 0 aromatic heterocycles. The summed E-state index contributed by atoms with van der Waals surface area (Å²) in [5.41, 5.74) is 0. The largest absolute Gasteiger partial charge is 0.465 e. The number of alkyl halides is 1. The molecular formula is C11H19FN2O2. The molecule has 1 aliphatic carbocycles. The van der Waals surface area contributed by atoms with E-state index in [4.69, 9.17) is 5.11 Å². The first kappa shape index (κ1) is 11.6. The highest BCUT2D eigenvalue weighted by atomic mass is 19.1. The predicted octanol–water partition coefficient (Wildman–Crippen LogP) is 1.61. The van der Waals surface area contributed by atoms with Crippen molar-refractivity contribution in [2.24, 2.45) is 0 Å². The number of rotatable bonds is 2. The van der Waals surface area contributed by atoms with E-state index in [1.54, 1.807) is 0 Å². The summed E-state index contributed by atoms with van der Waals surface area (Å²) >= 11 is 0. The Kier molecular flexibility index (Phi) is 3.63. The second-order valence-corrected chi connectivity index (χ2v) is 4.84. The zero-order valence-corrected chi connectivity index (χ0v) is 9.36. The Labute approximate surface area is 94.8 Å². The van der Waals surface area contributed by atoms with Crippen molar-refractivity contribution in [2.45, 2.75) is 50.4 Å². The van der Waals surface area contributed by atoms with Crippen LogP contribution in [0.15, 0.2) is 0 Å². The molecule has 2 N–H and O–H groups in total. The lowest BCUT2D eigenvalue weighted by Crippen LogP contribution is -2.43. The van der Waals surface area contributed by atoms with Gasteiger partial charge in [-0.2, -0.15) is 0 Å². The number of carbonyl (C=O) groups is 1. The van der Waals surface area contributed by atoms with Gasteiger partial charge in [0.2, 0.25) is 0 Å². The van der Waals surface area contributed by atoms with E-state index in [9.17, 15) is 9.18 Å². The lowest BCUT2D eigenvalue weighted by atomic mass is 9.90. The Morgan fingerprint density at radius 2 is 1.94 bits per heavy atom. The number of nitrogens with zero attached hydrogens (tertiary/aromatic N) is 1. The van der Waals surface area contributed by atoms with Crippen LogP contribution < -0.4 is 5.32 Å². The fraction of sp³-hybridized carbons (Fsp3) is 0.909. The quantitative estimate of drug-likeness (QED) is 0.757. The molecule has 5 heteroatoms. The molecule has 1 heterocycles. The van der Waals surface area contributed by atoms with Gasteiger partial charge in [0.25, 0.3) is 0 Å². The molecule has 1 atom stereocenters. The van der Waals surface area contributed by atoms with Gasteiger partial charge >= 0.3 is 6.09 Å². The summed E-state index contributed by atoms with van der Waals surface area (Å²) in [4.78, 5) is 12.7. The van der Waals surface area contributed by atoms with E-state index in [1.807, 2.05) is 0 Å². The topological polar surface area (TPSA) is 52.6 Å². The van der Waals surface area contributed by atoms with Crippen LogP contribution >= 0.6 is 0 Å². The number of nitrogens with one attached hydrogen (secondary N) is 1. The molecule has 16 heavy (non-hydrogen) atoms. The van der Waals surface area contributed by atoms with E-state index >= 15 is 0 Å². The molecule has 4 nitrogen and oxygen atoms in total. The van der Waals surface area contributed by atoms with Crippen molar-refractivity contribution >= 4 is 6.09 Å². The Bertz CT molecular complexity index is 254. The van der Waals surface area contributed by atoms with Crippen LogP contribution in [0.3, 0.4) is 0 Å². The standard InChI is InChI=1S/C11H19FN2O2/c12-8-5-6-14(7-8)10-3-1-9(2-4-10)13-11(15)16/h8-10,13H,1-7H2,(H,15,16)/t8-,9?,10?/m1/s1. The molecule has 2 rings (SSSR count). The molecule has 0 spiro atoms. The first-order valence-electron chi connectivity index (χ1n) is 6.02. The summed E-state index contributed by atoms with van der Waals surface area (Å²) < 4.78 is 13.0. The summed E-state index contributed by atoms with van der Waals surface area (Å²) in [6, 6.07) is 0.560. The molecule has 0 bridgehead atoms. The van der Waals surface area contributed by atoms with Crippen molar-refractivity contribution in [2.75, 3.05) is 13.1 Å². The van der Waals surface area contributed by atoms with E-state index < -0.39 is 12.3 Å². The SMILES string of the molecule is O=C(O)NC1CCC(N2CC[C@@H](F)C2)CC1. The van der Waals surface area contributed by atoms with Crippen LogP contribution in [0.2, 0.25) is 0 Å². The zero-order chi connectivity index (χ0) is 11.5.